The van der Waals surface area contributed by atoms with Gasteiger partial charge >= 0.3 is 0 Å². The molecular formula is C21H18F2N2O4. The van der Waals surface area contributed by atoms with E-state index in [2.05, 4.69) is 10.6 Å². The van der Waals surface area contributed by atoms with Gasteiger partial charge in [-0.15, -0.1) is 0 Å². The lowest BCUT2D eigenvalue weighted by molar-refractivity contribution is 0.0932. The summed E-state index contributed by atoms with van der Waals surface area (Å²) in [6.45, 7) is 3.52. The van der Waals surface area contributed by atoms with E-state index in [0.717, 1.165) is 12.1 Å². The molecule has 1 atom stereocenters. The zero-order valence-electron chi connectivity index (χ0n) is 15.6. The first-order chi connectivity index (χ1) is 13.7. The fraction of sp³-hybridized carbons (Fsp3) is 0.143. The minimum atomic E-state index is -0.883. The smallest absolute Gasteiger partial charge is 0.255 e. The van der Waals surface area contributed by atoms with Crippen LogP contribution < -0.4 is 10.6 Å². The molecule has 0 bridgehead atoms. The second-order valence-corrected chi connectivity index (χ2v) is 6.49. The minimum absolute atomic E-state index is 0.00470. The van der Waals surface area contributed by atoms with Crippen molar-refractivity contribution in [2.24, 2.45) is 0 Å². The average Bonchev–Trinajstić information content (AvgIpc) is 3.07. The van der Waals surface area contributed by atoms with Gasteiger partial charge in [0.2, 0.25) is 0 Å². The second kappa shape index (κ2) is 8.14. The van der Waals surface area contributed by atoms with Crippen LogP contribution in [0, 0.1) is 18.6 Å². The Labute approximate surface area is 165 Å². The van der Waals surface area contributed by atoms with Crippen molar-refractivity contribution in [3.63, 3.8) is 0 Å². The highest BCUT2D eigenvalue weighted by Gasteiger charge is 2.18. The van der Waals surface area contributed by atoms with E-state index in [9.17, 15) is 23.5 Å². The van der Waals surface area contributed by atoms with Crippen molar-refractivity contribution in [2.75, 3.05) is 5.32 Å². The molecule has 150 valence electrons. The summed E-state index contributed by atoms with van der Waals surface area (Å²) in [5.74, 6) is -2.15. The molecule has 2 amide bonds. The van der Waals surface area contributed by atoms with Crippen LogP contribution >= 0.6 is 0 Å². The van der Waals surface area contributed by atoms with E-state index < -0.39 is 29.5 Å². The Kier molecular flexibility index (Phi) is 5.63. The molecule has 0 aliphatic rings. The largest absolute Gasteiger partial charge is 0.507 e. The lowest BCUT2D eigenvalue weighted by Crippen LogP contribution is -2.26. The number of benzene rings is 2. The number of aryl methyl sites for hydroxylation is 1. The topological polar surface area (TPSA) is 91.6 Å². The molecule has 0 saturated carbocycles. The molecule has 0 radical (unpaired) electrons. The quantitative estimate of drug-likeness (QED) is 0.595. The van der Waals surface area contributed by atoms with Gasteiger partial charge in [-0.3, -0.25) is 9.59 Å². The second-order valence-electron chi connectivity index (χ2n) is 6.49. The highest BCUT2D eigenvalue weighted by Crippen LogP contribution is 2.24. The van der Waals surface area contributed by atoms with Gasteiger partial charge in [0.25, 0.3) is 11.8 Å². The van der Waals surface area contributed by atoms with E-state index in [1.165, 1.54) is 18.2 Å². The molecule has 1 unspecified atom stereocenters. The lowest BCUT2D eigenvalue weighted by atomic mass is 10.1. The van der Waals surface area contributed by atoms with Crippen molar-refractivity contribution >= 4 is 17.5 Å². The Hall–Kier alpha value is -3.68. The predicted octanol–water partition coefficient (Wildman–Crippen LogP) is 4.32. The molecule has 3 rings (SSSR count). The van der Waals surface area contributed by atoms with Crippen LogP contribution in [0.2, 0.25) is 0 Å². The zero-order valence-corrected chi connectivity index (χ0v) is 15.6. The minimum Gasteiger partial charge on any atom is -0.507 e. The van der Waals surface area contributed by atoms with E-state index in [0.29, 0.717) is 17.6 Å². The number of carbonyl (C=O) groups excluding carboxylic acids is 2. The van der Waals surface area contributed by atoms with Crippen molar-refractivity contribution in [1.82, 2.24) is 5.32 Å². The number of nitrogens with one attached hydrogen (secondary N) is 2. The zero-order chi connectivity index (χ0) is 21.1. The number of anilines is 1. The summed E-state index contributed by atoms with van der Waals surface area (Å²) in [7, 11) is 0. The third-order valence-electron chi connectivity index (χ3n) is 4.16. The van der Waals surface area contributed by atoms with Crippen LogP contribution in [0.3, 0.4) is 0 Å². The van der Waals surface area contributed by atoms with Gasteiger partial charge in [0.05, 0.1) is 11.6 Å². The van der Waals surface area contributed by atoms with Crippen LogP contribution in [-0.4, -0.2) is 16.9 Å². The van der Waals surface area contributed by atoms with E-state index in [-0.39, 0.29) is 22.6 Å². The molecule has 8 heteroatoms. The first kappa shape index (κ1) is 20.1. The normalized spacial score (nSPS) is 11.7. The first-order valence-electron chi connectivity index (χ1n) is 8.70. The third-order valence-corrected chi connectivity index (χ3v) is 4.16. The number of aromatic hydroxyl groups is 1. The highest BCUT2D eigenvalue weighted by atomic mass is 19.1. The van der Waals surface area contributed by atoms with Crippen molar-refractivity contribution in [1.29, 1.82) is 0 Å². The summed E-state index contributed by atoms with van der Waals surface area (Å²) in [6, 6.07) is 9.42. The maximum Gasteiger partial charge on any atom is 0.255 e. The Bertz CT molecular complexity index is 1060. The number of phenols is 1. The summed E-state index contributed by atoms with van der Waals surface area (Å²) in [6.07, 6.45) is 0. The molecule has 0 fully saturated rings. The van der Waals surface area contributed by atoms with Gasteiger partial charge in [-0.05, 0) is 50.2 Å². The standard InChI is InChI=1S/C21H18F2N2O4/c1-11-3-6-19(29-11)12(2)24-21(28)17-5-4-16(10-18(17)26)25-20(27)13-7-14(22)9-15(23)8-13/h3-10,12,26H,1-2H3,(H,24,28)(H,25,27). The number of hydrogen-bond donors (Lipinski definition) is 3. The molecule has 29 heavy (non-hydrogen) atoms. The van der Waals surface area contributed by atoms with Gasteiger partial charge in [-0.25, -0.2) is 8.78 Å². The van der Waals surface area contributed by atoms with Crippen molar-refractivity contribution < 1.29 is 27.9 Å². The maximum absolute atomic E-state index is 13.3. The Morgan fingerprint density at radius 2 is 1.69 bits per heavy atom. The summed E-state index contributed by atoms with van der Waals surface area (Å²) >= 11 is 0. The number of rotatable bonds is 5. The molecule has 3 aromatic rings. The van der Waals surface area contributed by atoms with Gasteiger partial charge in [0.15, 0.2) is 0 Å². The molecular weight excluding hydrogens is 382 g/mol. The molecule has 0 aliphatic heterocycles. The van der Waals surface area contributed by atoms with Crippen LogP contribution in [-0.2, 0) is 0 Å². The molecule has 1 heterocycles. The Morgan fingerprint density at radius 1 is 1.00 bits per heavy atom. The Balaban J connectivity index is 1.70. The van der Waals surface area contributed by atoms with Gasteiger partial charge in [0, 0.05) is 23.4 Å². The number of phenolic OH excluding ortho intramolecular Hbond substituents is 1. The van der Waals surface area contributed by atoms with Gasteiger partial charge in [-0.2, -0.15) is 0 Å². The molecule has 3 N–H and O–H groups in total. The fourth-order valence-electron chi connectivity index (χ4n) is 2.72. The van der Waals surface area contributed by atoms with Crippen LogP contribution in [0.25, 0.3) is 0 Å². The van der Waals surface area contributed by atoms with Crippen molar-refractivity contribution in [2.45, 2.75) is 19.9 Å². The van der Waals surface area contributed by atoms with E-state index in [1.807, 2.05) is 0 Å². The number of furan rings is 1. The molecule has 0 saturated heterocycles. The van der Waals surface area contributed by atoms with Crippen LogP contribution in [0.5, 0.6) is 5.75 Å². The fourth-order valence-corrected chi connectivity index (χ4v) is 2.72. The SMILES string of the molecule is Cc1ccc(C(C)NC(=O)c2ccc(NC(=O)c3cc(F)cc(F)c3)cc2O)o1. The number of hydrogen-bond acceptors (Lipinski definition) is 4. The summed E-state index contributed by atoms with van der Waals surface area (Å²) in [4.78, 5) is 24.5. The van der Waals surface area contributed by atoms with Crippen LogP contribution in [0.15, 0.2) is 52.9 Å². The van der Waals surface area contributed by atoms with E-state index >= 15 is 0 Å². The van der Waals surface area contributed by atoms with Gasteiger partial charge in [0.1, 0.15) is 28.9 Å². The molecule has 2 aromatic carbocycles. The van der Waals surface area contributed by atoms with Crippen molar-refractivity contribution in [3.05, 3.63) is 82.8 Å². The Morgan fingerprint density at radius 3 is 2.28 bits per heavy atom. The maximum atomic E-state index is 13.3. The van der Waals surface area contributed by atoms with Crippen LogP contribution in [0.4, 0.5) is 14.5 Å². The molecule has 0 aliphatic carbocycles. The number of halogens is 2. The van der Waals surface area contributed by atoms with Crippen molar-refractivity contribution in [3.8, 4) is 5.75 Å². The van der Waals surface area contributed by atoms with Gasteiger partial charge < -0.3 is 20.2 Å². The average molecular weight is 400 g/mol. The summed E-state index contributed by atoms with van der Waals surface area (Å²) in [5, 5.41) is 15.3. The van der Waals surface area contributed by atoms with Gasteiger partial charge in [-0.1, -0.05) is 0 Å². The van der Waals surface area contributed by atoms with E-state index in [4.69, 9.17) is 4.42 Å². The molecule has 0 spiro atoms. The van der Waals surface area contributed by atoms with Crippen LogP contribution in [0.1, 0.15) is 45.2 Å². The third kappa shape index (κ3) is 4.78. The molecule has 6 nitrogen and oxygen atoms in total. The number of carbonyl (C=O) groups is 2. The highest BCUT2D eigenvalue weighted by molar-refractivity contribution is 6.05. The number of amides is 2. The first-order valence-corrected chi connectivity index (χ1v) is 8.70. The monoisotopic (exact) mass is 400 g/mol. The molecule has 1 aromatic heterocycles. The van der Waals surface area contributed by atoms with E-state index in [1.54, 1.807) is 26.0 Å². The predicted molar refractivity (Wildman–Crippen MR) is 102 cm³/mol. The summed E-state index contributed by atoms with van der Waals surface area (Å²) < 4.78 is 32.0. The summed E-state index contributed by atoms with van der Waals surface area (Å²) in [5.41, 5.74) is -0.0651. The lowest BCUT2D eigenvalue weighted by Gasteiger charge is -2.13.